The first-order chi connectivity index (χ1) is 14.6. The van der Waals surface area contributed by atoms with Crippen LogP contribution in [0.15, 0.2) is 60.1 Å². The number of rotatable bonds is 10. The highest BCUT2D eigenvalue weighted by Gasteiger charge is 2.12. The highest BCUT2D eigenvalue weighted by atomic mass is 32.1. The normalized spacial score (nSPS) is 11.0. The van der Waals surface area contributed by atoms with Gasteiger partial charge < -0.3 is 14.4 Å². The minimum Gasteiger partial charge on any atom is -0.487 e. The number of carbonyl (C=O) groups is 1. The number of nitrogens with zero attached hydrogens (tertiary/aromatic N) is 3. The molecule has 2 heterocycles. The third-order valence-electron chi connectivity index (χ3n) is 4.29. The van der Waals surface area contributed by atoms with Gasteiger partial charge in [0.25, 0.3) is 0 Å². The van der Waals surface area contributed by atoms with Crippen molar-refractivity contribution < 1.29 is 14.3 Å². The summed E-state index contributed by atoms with van der Waals surface area (Å²) in [6.07, 6.45) is 5.09. The molecule has 0 aliphatic rings. The molecular weight excluding hydrogens is 398 g/mol. The number of aryl methyl sites for hydroxylation is 1. The molecular formula is C23H25N3O3S. The third kappa shape index (κ3) is 6.79. The largest absolute Gasteiger partial charge is 0.487 e. The van der Waals surface area contributed by atoms with E-state index in [-0.39, 0.29) is 5.91 Å². The fraction of sp³-hybridized carbons (Fsp3) is 0.261. The van der Waals surface area contributed by atoms with Crippen LogP contribution >= 0.6 is 11.3 Å². The summed E-state index contributed by atoms with van der Waals surface area (Å²) >= 11 is 1.60. The van der Waals surface area contributed by atoms with Gasteiger partial charge in [0.05, 0.1) is 29.5 Å². The van der Waals surface area contributed by atoms with Gasteiger partial charge in [-0.1, -0.05) is 18.2 Å². The quantitative estimate of drug-likeness (QED) is 0.459. The summed E-state index contributed by atoms with van der Waals surface area (Å²) in [5, 5.41) is 3.01. The van der Waals surface area contributed by atoms with Crippen LogP contribution in [-0.2, 0) is 22.7 Å². The highest BCUT2D eigenvalue weighted by molar-refractivity contribution is 7.09. The fourth-order valence-electron chi connectivity index (χ4n) is 2.77. The zero-order valence-corrected chi connectivity index (χ0v) is 18.0. The van der Waals surface area contributed by atoms with Crippen molar-refractivity contribution in [1.82, 2.24) is 14.9 Å². The van der Waals surface area contributed by atoms with Gasteiger partial charge in [-0.05, 0) is 42.8 Å². The number of methoxy groups -OCH3 is 1. The van der Waals surface area contributed by atoms with E-state index in [2.05, 4.69) is 9.97 Å². The van der Waals surface area contributed by atoms with Crippen LogP contribution in [0.4, 0.5) is 0 Å². The molecule has 3 aromatic rings. The molecule has 0 spiro atoms. The molecule has 30 heavy (non-hydrogen) atoms. The van der Waals surface area contributed by atoms with Crippen LogP contribution in [-0.4, -0.2) is 41.0 Å². The average molecular weight is 424 g/mol. The molecule has 1 amide bonds. The van der Waals surface area contributed by atoms with Gasteiger partial charge in [0.1, 0.15) is 12.4 Å². The second-order valence-electron chi connectivity index (χ2n) is 6.63. The van der Waals surface area contributed by atoms with E-state index in [1.54, 1.807) is 41.7 Å². The van der Waals surface area contributed by atoms with Gasteiger partial charge >= 0.3 is 0 Å². The van der Waals surface area contributed by atoms with E-state index in [9.17, 15) is 4.79 Å². The first kappa shape index (κ1) is 21.7. The number of benzene rings is 1. The van der Waals surface area contributed by atoms with E-state index >= 15 is 0 Å². The van der Waals surface area contributed by atoms with Gasteiger partial charge in [-0.2, -0.15) is 0 Å². The number of carbonyl (C=O) groups excluding carboxylic acids is 1. The van der Waals surface area contributed by atoms with Gasteiger partial charge in [-0.25, -0.2) is 4.98 Å². The Balaban J connectivity index is 1.62. The maximum Gasteiger partial charge on any atom is 0.247 e. The molecule has 0 aliphatic carbocycles. The lowest BCUT2D eigenvalue weighted by molar-refractivity contribution is -0.127. The highest BCUT2D eigenvalue weighted by Crippen LogP contribution is 2.17. The number of pyridine rings is 1. The number of hydrogen-bond acceptors (Lipinski definition) is 6. The molecule has 0 unspecified atom stereocenters. The Hall–Kier alpha value is -3.03. The summed E-state index contributed by atoms with van der Waals surface area (Å²) in [6.45, 7) is 3.79. The number of amides is 1. The van der Waals surface area contributed by atoms with Crippen molar-refractivity contribution in [1.29, 1.82) is 0 Å². The molecule has 3 rings (SSSR count). The summed E-state index contributed by atoms with van der Waals surface area (Å²) in [5.74, 6) is 0.641. The number of ether oxygens (including phenoxy) is 2. The summed E-state index contributed by atoms with van der Waals surface area (Å²) in [6, 6.07) is 13.3. The monoisotopic (exact) mass is 423 g/mol. The van der Waals surface area contributed by atoms with E-state index in [0.29, 0.717) is 26.3 Å². The zero-order valence-electron chi connectivity index (χ0n) is 17.2. The predicted molar refractivity (Wildman–Crippen MR) is 118 cm³/mol. The molecule has 1 aromatic carbocycles. The molecule has 0 fully saturated rings. The lowest BCUT2D eigenvalue weighted by atomic mass is 10.2. The maximum absolute atomic E-state index is 12.7. The SMILES string of the molecule is COCCN(Cc1ccccn1)C(=O)/C=C/c1cccc(OCc2csc(C)n2)c1. The lowest BCUT2D eigenvalue weighted by Crippen LogP contribution is -2.32. The van der Waals surface area contributed by atoms with Crippen LogP contribution in [0.3, 0.4) is 0 Å². The first-order valence-corrected chi connectivity index (χ1v) is 10.5. The van der Waals surface area contributed by atoms with Crippen molar-refractivity contribution in [2.24, 2.45) is 0 Å². The van der Waals surface area contributed by atoms with E-state index < -0.39 is 0 Å². The Morgan fingerprint density at radius 2 is 2.10 bits per heavy atom. The van der Waals surface area contributed by atoms with E-state index in [1.807, 2.05) is 54.8 Å². The predicted octanol–water partition coefficient (Wildman–Crippen LogP) is 4.11. The van der Waals surface area contributed by atoms with Crippen LogP contribution in [0.2, 0.25) is 0 Å². The molecule has 0 N–H and O–H groups in total. The van der Waals surface area contributed by atoms with E-state index in [0.717, 1.165) is 27.7 Å². The summed E-state index contributed by atoms with van der Waals surface area (Å²) in [4.78, 5) is 23.2. The molecule has 0 aliphatic heterocycles. The summed E-state index contributed by atoms with van der Waals surface area (Å²) < 4.78 is 11.0. The molecule has 0 saturated carbocycles. The Morgan fingerprint density at radius 3 is 2.83 bits per heavy atom. The van der Waals surface area contributed by atoms with Crippen LogP contribution in [0.25, 0.3) is 6.08 Å². The molecule has 7 heteroatoms. The third-order valence-corrected chi connectivity index (χ3v) is 5.11. The van der Waals surface area contributed by atoms with Crippen LogP contribution in [0.5, 0.6) is 5.75 Å². The molecule has 6 nitrogen and oxygen atoms in total. The maximum atomic E-state index is 12.7. The van der Waals surface area contributed by atoms with Crippen molar-refractivity contribution >= 4 is 23.3 Å². The topological polar surface area (TPSA) is 64.5 Å². The number of thiazole rings is 1. The average Bonchev–Trinajstić information content (AvgIpc) is 3.19. The van der Waals surface area contributed by atoms with Crippen LogP contribution < -0.4 is 4.74 Å². The molecule has 0 saturated heterocycles. The fourth-order valence-corrected chi connectivity index (χ4v) is 3.37. The van der Waals surface area contributed by atoms with E-state index in [1.165, 1.54) is 0 Å². The van der Waals surface area contributed by atoms with Gasteiger partial charge in [-0.3, -0.25) is 9.78 Å². The summed E-state index contributed by atoms with van der Waals surface area (Å²) in [7, 11) is 1.62. The van der Waals surface area contributed by atoms with Gasteiger partial charge in [-0.15, -0.1) is 11.3 Å². The van der Waals surface area contributed by atoms with Gasteiger partial charge in [0.15, 0.2) is 0 Å². The number of aromatic nitrogens is 2. The molecule has 156 valence electrons. The second kappa shape index (κ2) is 11.2. The Morgan fingerprint density at radius 1 is 1.20 bits per heavy atom. The van der Waals surface area contributed by atoms with Crippen molar-refractivity contribution in [3.63, 3.8) is 0 Å². The van der Waals surface area contributed by atoms with E-state index in [4.69, 9.17) is 9.47 Å². The minimum absolute atomic E-state index is 0.0954. The molecule has 0 bridgehead atoms. The Bertz CT molecular complexity index is 973. The molecule has 2 aromatic heterocycles. The van der Waals surface area contributed by atoms with Gasteiger partial charge in [0.2, 0.25) is 5.91 Å². The molecule has 0 radical (unpaired) electrons. The van der Waals surface area contributed by atoms with Crippen LogP contribution in [0.1, 0.15) is 22.0 Å². The standard InChI is InChI=1S/C23H25N3O3S/c1-18-25-21(17-30-18)16-29-22-8-5-6-19(14-22)9-10-23(27)26(12-13-28-2)15-20-7-3-4-11-24-20/h3-11,14,17H,12-13,15-16H2,1-2H3/b10-9+. The second-order valence-corrected chi connectivity index (χ2v) is 7.69. The summed E-state index contributed by atoms with van der Waals surface area (Å²) in [5.41, 5.74) is 2.64. The zero-order chi connectivity index (χ0) is 21.2. The lowest BCUT2D eigenvalue weighted by Gasteiger charge is -2.20. The molecule has 0 atom stereocenters. The number of hydrogen-bond donors (Lipinski definition) is 0. The van der Waals surface area contributed by atoms with Crippen molar-refractivity contribution in [3.05, 3.63) is 82.1 Å². The minimum atomic E-state index is -0.0954. The first-order valence-electron chi connectivity index (χ1n) is 9.64. The van der Waals surface area contributed by atoms with Crippen molar-refractivity contribution in [2.75, 3.05) is 20.3 Å². The van der Waals surface area contributed by atoms with Crippen molar-refractivity contribution in [3.8, 4) is 5.75 Å². The smallest absolute Gasteiger partial charge is 0.247 e. The van der Waals surface area contributed by atoms with Gasteiger partial charge in [0, 0.05) is 31.3 Å². The Kier molecular flexibility index (Phi) is 8.11. The Labute approximate surface area is 180 Å². The van der Waals surface area contributed by atoms with Crippen molar-refractivity contribution in [2.45, 2.75) is 20.1 Å². The van der Waals surface area contributed by atoms with Crippen LogP contribution in [0, 0.1) is 6.92 Å².